The zero-order valence-corrected chi connectivity index (χ0v) is 10.2. The van der Waals surface area contributed by atoms with E-state index in [4.69, 9.17) is 0 Å². The van der Waals surface area contributed by atoms with Crippen molar-refractivity contribution in [2.24, 2.45) is 0 Å². The highest BCUT2D eigenvalue weighted by molar-refractivity contribution is 5.21. The molecule has 0 saturated heterocycles. The molecule has 0 heteroatoms. The number of hydrogen-bond acceptors (Lipinski definition) is 0. The summed E-state index contributed by atoms with van der Waals surface area (Å²) in [5.74, 6) is 0. The van der Waals surface area contributed by atoms with E-state index in [1.54, 1.807) is 0 Å². The molecule has 1 rings (SSSR count). The van der Waals surface area contributed by atoms with Gasteiger partial charge in [0.1, 0.15) is 0 Å². The fourth-order valence-electron chi connectivity index (χ4n) is 1.80. The van der Waals surface area contributed by atoms with E-state index in [0.29, 0.717) is 0 Å². The molecule has 0 aromatic heterocycles. The van der Waals surface area contributed by atoms with Crippen LogP contribution in [0.15, 0.2) is 18.2 Å². The Labute approximate surface area is 94.7 Å². The van der Waals surface area contributed by atoms with Crippen molar-refractivity contribution >= 4 is 0 Å². The van der Waals surface area contributed by atoms with Gasteiger partial charge in [-0.1, -0.05) is 57.7 Å². The van der Waals surface area contributed by atoms with Gasteiger partial charge in [-0.3, -0.25) is 0 Å². The molecule has 83 valence electrons. The molecule has 0 aliphatic carbocycles. The van der Waals surface area contributed by atoms with E-state index in [9.17, 15) is 0 Å². The molecule has 0 spiro atoms. The maximum absolute atomic E-state index is 3.34. The number of hydrogen-bond donors (Lipinski definition) is 0. The molecule has 0 N–H and O–H groups in total. The van der Waals surface area contributed by atoms with Crippen LogP contribution < -0.4 is 0 Å². The quantitative estimate of drug-likeness (QED) is 0.570. The SMILES string of the molecule is CCCCCCCc1c[c]c(CC)cc1. The Morgan fingerprint density at radius 3 is 2.40 bits per heavy atom. The van der Waals surface area contributed by atoms with Gasteiger partial charge in [-0.2, -0.15) is 0 Å². The van der Waals surface area contributed by atoms with Crippen molar-refractivity contribution in [3.8, 4) is 0 Å². The Morgan fingerprint density at radius 1 is 1.00 bits per heavy atom. The maximum Gasteiger partial charge on any atom is -0.0146 e. The largest absolute Gasteiger partial charge is 0.0654 e. The van der Waals surface area contributed by atoms with Gasteiger partial charge in [-0.25, -0.2) is 0 Å². The summed E-state index contributed by atoms with van der Waals surface area (Å²) in [6, 6.07) is 9.97. The van der Waals surface area contributed by atoms with Gasteiger partial charge in [0.05, 0.1) is 0 Å². The van der Waals surface area contributed by atoms with Crippen molar-refractivity contribution in [3.63, 3.8) is 0 Å². The van der Waals surface area contributed by atoms with E-state index >= 15 is 0 Å². The first-order chi connectivity index (χ1) is 7.36. The first-order valence-corrected chi connectivity index (χ1v) is 6.36. The first kappa shape index (κ1) is 12.3. The molecular formula is C15H23. The van der Waals surface area contributed by atoms with Crippen LogP contribution >= 0.6 is 0 Å². The fourth-order valence-corrected chi connectivity index (χ4v) is 1.80. The van der Waals surface area contributed by atoms with Crippen molar-refractivity contribution in [2.45, 2.75) is 58.8 Å². The summed E-state index contributed by atoms with van der Waals surface area (Å²) in [6.45, 7) is 4.44. The lowest BCUT2D eigenvalue weighted by atomic mass is 10.0. The summed E-state index contributed by atoms with van der Waals surface area (Å²) in [4.78, 5) is 0. The van der Waals surface area contributed by atoms with E-state index in [1.165, 1.54) is 49.7 Å². The predicted octanol–water partition coefficient (Wildman–Crippen LogP) is 4.56. The molecule has 0 aliphatic heterocycles. The van der Waals surface area contributed by atoms with E-state index < -0.39 is 0 Å². The molecule has 0 heterocycles. The minimum absolute atomic E-state index is 1.09. The van der Waals surface area contributed by atoms with Crippen LogP contribution in [0.3, 0.4) is 0 Å². The van der Waals surface area contributed by atoms with Crippen molar-refractivity contribution < 1.29 is 0 Å². The summed E-state index contributed by atoms with van der Waals surface area (Å²) in [5, 5.41) is 0. The highest BCUT2D eigenvalue weighted by Crippen LogP contribution is 2.10. The van der Waals surface area contributed by atoms with Crippen LogP contribution in [0, 0.1) is 6.07 Å². The van der Waals surface area contributed by atoms with Crippen molar-refractivity contribution in [2.75, 3.05) is 0 Å². The van der Waals surface area contributed by atoms with E-state index in [-0.39, 0.29) is 0 Å². The van der Waals surface area contributed by atoms with Gasteiger partial charge in [0, 0.05) is 0 Å². The molecule has 0 atom stereocenters. The summed E-state index contributed by atoms with van der Waals surface area (Å²) in [6.07, 6.45) is 9.15. The Morgan fingerprint density at radius 2 is 1.80 bits per heavy atom. The second-order valence-corrected chi connectivity index (χ2v) is 4.24. The van der Waals surface area contributed by atoms with Crippen LogP contribution in [0.2, 0.25) is 0 Å². The van der Waals surface area contributed by atoms with Crippen LogP contribution in [0.1, 0.15) is 57.1 Å². The minimum Gasteiger partial charge on any atom is -0.0654 e. The summed E-state index contributed by atoms with van der Waals surface area (Å²) >= 11 is 0. The molecule has 15 heavy (non-hydrogen) atoms. The van der Waals surface area contributed by atoms with Crippen LogP contribution in [0.4, 0.5) is 0 Å². The predicted molar refractivity (Wildman–Crippen MR) is 67.1 cm³/mol. The van der Waals surface area contributed by atoms with E-state index in [1.807, 2.05) is 0 Å². The molecule has 0 fully saturated rings. The Bertz CT molecular complexity index is 245. The highest BCUT2D eigenvalue weighted by atomic mass is 14.0. The van der Waals surface area contributed by atoms with Crippen molar-refractivity contribution in [1.82, 2.24) is 0 Å². The lowest BCUT2D eigenvalue weighted by Crippen LogP contribution is -1.87. The first-order valence-electron chi connectivity index (χ1n) is 6.36. The standard InChI is InChI=1S/C15H23/c1-3-5-6-7-8-9-15-12-10-14(4-2)11-13-15/h10,12-13H,3-9H2,1-2H3. The molecule has 1 radical (unpaired) electrons. The highest BCUT2D eigenvalue weighted by Gasteiger charge is 1.94. The average Bonchev–Trinajstić information content (AvgIpc) is 2.30. The Hall–Kier alpha value is -0.780. The third-order valence-corrected chi connectivity index (χ3v) is 2.89. The normalized spacial score (nSPS) is 10.5. The summed E-state index contributed by atoms with van der Waals surface area (Å²) in [7, 11) is 0. The smallest absolute Gasteiger partial charge is 0.0146 e. The van der Waals surface area contributed by atoms with Crippen LogP contribution in [0.5, 0.6) is 0 Å². The van der Waals surface area contributed by atoms with E-state index in [0.717, 1.165) is 6.42 Å². The molecule has 0 amide bonds. The molecule has 1 aromatic rings. The zero-order chi connectivity index (χ0) is 10.9. The van der Waals surface area contributed by atoms with E-state index in [2.05, 4.69) is 38.1 Å². The van der Waals surface area contributed by atoms with Gasteiger partial charge >= 0.3 is 0 Å². The minimum atomic E-state index is 1.09. The molecule has 0 unspecified atom stereocenters. The zero-order valence-electron chi connectivity index (χ0n) is 10.2. The molecule has 0 aliphatic rings. The van der Waals surface area contributed by atoms with Crippen molar-refractivity contribution in [1.29, 1.82) is 0 Å². The third kappa shape index (κ3) is 5.01. The van der Waals surface area contributed by atoms with Gasteiger partial charge in [0.25, 0.3) is 0 Å². The number of benzene rings is 1. The average molecular weight is 203 g/mol. The molecule has 1 aromatic carbocycles. The van der Waals surface area contributed by atoms with Crippen LogP contribution in [-0.4, -0.2) is 0 Å². The van der Waals surface area contributed by atoms with Crippen LogP contribution in [-0.2, 0) is 12.8 Å². The fraction of sp³-hybridized carbons (Fsp3) is 0.600. The number of unbranched alkanes of at least 4 members (excludes halogenated alkanes) is 4. The molecule has 0 bridgehead atoms. The number of aryl methyl sites for hydroxylation is 2. The van der Waals surface area contributed by atoms with Gasteiger partial charge in [-0.05, 0) is 36.5 Å². The second-order valence-electron chi connectivity index (χ2n) is 4.24. The summed E-state index contributed by atoms with van der Waals surface area (Å²) in [5.41, 5.74) is 2.77. The molecule has 0 nitrogen and oxygen atoms in total. The Kier molecular flexibility index (Phi) is 6.15. The summed E-state index contributed by atoms with van der Waals surface area (Å²) < 4.78 is 0. The lowest BCUT2D eigenvalue weighted by Gasteiger charge is -2.02. The van der Waals surface area contributed by atoms with Crippen molar-refractivity contribution in [3.05, 3.63) is 35.4 Å². The molecule has 0 saturated carbocycles. The van der Waals surface area contributed by atoms with Gasteiger partial charge in [0.2, 0.25) is 0 Å². The Balaban J connectivity index is 2.20. The number of rotatable bonds is 7. The third-order valence-electron chi connectivity index (χ3n) is 2.89. The van der Waals surface area contributed by atoms with Gasteiger partial charge in [0.15, 0.2) is 0 Å². The molecular weight excluding hydrogens is 180 g/mol. The van der Waals surface area contributed by atoms with Gasteiger partial charge < -0.3 is 0 Å². The maximum atomic E-state index is 3.34. The topological polar surface area (TPSA) is 0 Å². The van der Waals surface area contributed by atoms with Crippen LogP contribution in [0.25, 0.3) is 0 Å². The lowest BCUT2D eigenvalue weighted by molar-refractivity contribution is 0.632. The van der Waals surface area contributed by atoms with Gasteiger partial charge in [-0.15, -0.1) is 0 Å². The second kappa shape index (κ2) is 7.50. The monoisotopic (exact) mass is 203 g/mol.